The van der Waals surface area contributed by atoms with E-state index < -0.39 is 0 Å². The van der Waals surface area contributed by atoms with Gasteiger partial charge in [0.2, 0.25) is 0 Å². The summed E-state index contributed by atoms with van der Waals surface area (Å²) in [5, 5.41) is 4.38. The van der Waals surface area contributed by atoms with Crippen molar-refractivity contribution in [1.82, 2.24) is 10.3 Å². The van der Waals surface area contributed by atoms with E-state index in [-0.39, 0.29) is 17.5 Å². The van der Waals surface area contributed by atoms with Crippen LogP contribution in [-0.4, -0.2) is 36.9 Å². The molecule has 0 radical (unpaired) electrons. The van der Waals surface area contributed by atoms with Gasteiger partial charge in [-0.3, -0.25) is 4.79 Å². The molecule has 1 aromatic heterocycles. The van der Waals surface area contributed by atoms with Gasteiger partial charge in [-0.15, -0.1) is 0 Å². The molecule has 0 saturated carbocycles. The zero-order valence-corrected chi connectivity index (χ0v) is 16.4. The number of carbonyl (C=O) groups excluding carboxylic acids is 1. The van der Waals surface area contributed by atoms with Gasteiger partial charge in [0.1, 0.15) is 5.82 Å². The summed E-state index contributed by atoms with van der Waals surface area (Å²) in [5.41, 5.74) is 3.48. The molecule has 0 unspecified atom stereocenters. The number of anilines is 1. The molecule has 1 aliphatic carbocycles. The standard InChI is InChI=1S/C22H22FN3OS/c23-18-3-1-2-16-14(4-6-17(16)18)12-20(27)15-5-7-19-21(13-15)28-22(25-19)26-10-8-24-9-11-26/h1-3,5,7,13-14,24H,4,6,8-12H2/t14-/m1/s1. The maximum atomic E-state index is 14.0. The summed E-state index contributed by atoms with van der Waals surface area (Å²) in [6.07, 6.45) is 2.01. The third-order valence-corrected chi connectivity index (χ3v) is 6.94. The number of nitrogens with one attached hydrogen (secondary N) is 1. The van der Waals surface area contributed by atoms with Crippen LogP contribution in [0.2, 0.25) is 0 Å². The monoisotopic (exact) mass is 395 g/mol. The minimum absolute atomic E-state index is 0.117. The average Bonchev–Trinajstić information content (AvgIpc) is 3.33. The number of benzene rings is 2. The highest BCUT2D eigenvalue weighted by atomic mass is 32.1. The van der Waals surface area contributed by atoms with Crippen molar-refractivity contribution >= 4 is 32.5 Å². The van der Waals surface area contributed by atoms with E-state index in [2.05, 4.69) is 10.2 Å². The van der Waals surface area contributed by atoms with Gasteiger partial charge in [0.05, 0.1) is 10.2 Å². The lowest BCUT2D eigenvalue weighted by atomic mass is 9.93. The number of hydrogen-bond donors (Lipinski definition) is 1. The molecule has 1 fully saturated rings. The Bertz CT molecular complexity index is 1040. The van der Waals surface area contributed by atoms with Crippen molar-refractivity contribution in [3.63, 3.8) is 0 Å². The largest absolute Gasteiger partial charge is 0.346 e. The number of piperazine rings is 1. The van der Waals surface area contributed by atoms with Gasteiger partial charge in [0.25, 0.3) is 0 Å². The smallest absolute Gasteiger partial charge is 0.186 e. The number of ketones is 1. The zero-order valence-electron chi connectivity index (χ0n) is 15.6. The van der Waals surface area contributed by atoms with Crippen LogP contribution in [0.15, 0.2) is 36.4 Å². The molecular weight excluding hydrogens is 373 g/mol. The van der Waals surface area contributed by atoms with Gasteiger partial charge in [-0.05, 0) is 54.2 Å². The van der Waals surface area contributed by atoms with Crippen LogP contribution in [-0.2, 0) is 6.42 Å². The maximum Gasteiger partial charge on any atom is 0.186 e. The van der Waals surface area contributed by atoms with E-state index in [0.717, 1.165) is 71.1 Å². The van der Waals surface area contributed by atoms with Gasteiger partial charge in [-0.2, -0.15) is 0 Å². The van der Waals surface area contributed by atoms with E-state index in [4.69, 9.17) is 4.98 Å². The van der Waals surface area contributed by atoms with Crippen LogP contribution in [0.1, 0.15) is 40.2 Å². The van der Waals surface area contributed by atoms with Crippen LogP contribution < -0.4 is 10.2 Å². The molecule has 2 aliphatic rings. The van der Waals surface area contributed by atoms with Crippen LogP contribution in [0.3, 0.4) is 0 Å². The molecule has 0 spiro atoms. The first-order chi connectivity index (χ1) is 13.7. The maximum absolute atomic E-state index is 14.0. The number of hydrogen-bond acceptors (Lipinski definition) is 5. The normalized spacial score (nSPS) is 19.2. The minimum atomic E-state index is -0.140. The Balaban J connectivity index is 1.36. The number of nitrogens with zero attached hydrogens (tertiary/aromatic N) is 2. The summed E-state index contributed by atoms with van der Waals surface area (Å²) in [7, 11) is 0. The van der Waals surface area contributed by atoms with Gasteiger partial charge in [0.15, 0.2) is 10.9 Å². The molecule has 0 bridgehead atoms. The topological polar surface area (TPSA) is 45.2 Å². The van der Waals surface area contributed by atoms with E-state index in [1.807, 2.05) is 24.3 Å². The highest BCUT2D eigenvalue weighted by Gasteiger charge is 2.27. The average molecular weight is 396 g/mol. The lowest BCUT2D eigenvalue weighted by Gasteiger charge is -2.26. The fourth-order valence-corrected chi connectivity index (χ4v) is 5.38. The molecule has 1 atom stereocenters. The Morgan fingerprint density at radius 2 is 2.11 bits per heavy atom. The van der Waals surface area contributed by atoms with E-state index in [0.29, 0.717) is 6.42 Å². The molecular formula is C22H22FN3OS. The van der Waals surface area contributed by atoms with Gasteiger partial charge in [0, 0.05) is 38.2 Å². The summed E-state index contributed by atoms with van der Waals surface area (Å²) < 4.78 is 15.0. The molecule has 2 aromatic carbocycles. The molecule has 5 rings (SSSR count). The number of halogens is 1. The molecule has 6 heteroatoms. The Labute approximate surface area is 167 Å². The molecule has 4 nitrogen and oxygen atoms in total. The van der Waals surface area contributed by atoms with Crippen molar-refractivity contribution in [3.8, 4) is 0 Å². The molecule has 1 saturated heterocycles. The molecule has 0 amide bonds. The quantitative estimate of drug-likeness (QED) is 0.674. The predicted molar refractivity (Wildman–Crippen MR) is 111 cm³/mol. The van der Waals surface area contributed by atoms with Gasteiger partial charge in [-0.1, -0.05) is 23.5 Å². The molecule has 1 N–H and O–H groups in total. The van der Waals surface area contributed by atoms with E-state index >= 15 is 0 Å². The number of thiazole rings is 1. The summed E-state index contributed by atoms with van der Waals surface area (Å²) in [4.78, 5) is 20.0. The predicted octanol–water partition coefficient (Wildman–Crippen LogP) is 4.15. The van der Waals surface area contributed by atoms with Crippen LogP contribution >= 0.6 is 11.3 Å². The number of aromatic nitrogens is 1. The lowest BCUT2D eigenvalue weighted by Crippen LogP contribution is -2.43. The first-order valence-corrected chi connectivity index (χ1v) is 10.7. The Morgan fingerprint density at radius 1 is 1.25 bits per heavy atom. The van der Waals surface area contributed by atoms with E-state index in [9.17, 15) is 9.18 Å². The van der Waals surface area contributed by atoms with Crippen molar-refractivity contribution in [2.24, 2.45) is 0 Å². The number of Topliss-reactive ketones (excluding diaryl/α,β-unsaturated/α-hetero) is 1. The molecule has 1 aliphatic heterocycles. The first-order valence-electron chi connectivity index (χ1n) is 9.86. The fraction of sp³-hybridized carbons (Fsp3) is 0.364. The van der Waals surface area contributed by atoms with Gasteiger partial charge < -0.3 is 10.2 Å². The number of rotatable bonds is 4. The summed E-state index contributed by atoms with van der Waals surface area (Å²) in [5.74, 6) is 0.104. The van der Waals surface area contributed by atoms with Crippen LogP contribution in [0.25, 0.3) is 10.2 Å². The highest BCUT2D eigenvalue weighted by Crippen LogP contribution is 2.38. The molecule has 2 heterocycles. The van der Waals surface area contributed by atoms with E-state index in [1.165, 1.54) is 6.07 Å². The summed E-state index contributed by atoms with van der Waals surface area (Å²) in [6.45, 7) is 3.87. The number of fused-ring (bicyclic) bond motifs is 2. The number of carbonyl (C=O) groups is 1. The molecule has 3 aromatic rings. The fourth-order valence-electron chi connectivity index (χ4n) is 4.33. The van der Waals surface area contributed by atoms with Crippen LogP contribution in [0.4, 0.5) is 9.52 Å². The second-order valence-electron chi connectivity index (χ2n) is 7.59. The zero-order chi connectivity index (χ0) is 19.1. The van der Waals surface area contributed by atoms with Crippen LogP contribution in [0, 0.1) is 5.82 Å². The van der Waals surface area contributed by atoms with Crippen LogP contribution in [0.5, 0.6) is 0 Å². The van der Waals surface area contributed by atoms with E-state index in [1.54, 1.807) is 17.4 Å². The van der Waals surface area contributed by atoms with Crippen molar-refractivity contribution in [2.45, 2.75) is 25.2 Å². The highest BCUT2D eigenvalue weighted by molar-refractivity contribution is 7.22. The SMILES string of the molecule is O=C(C[C@H]1CCc2c(F)cccc21)c1ccc2nc(N3CCNCC3)sc2c1. The summed E-state index contributed by atoms with van der Waals surface area (Å²) >= 11 is 1.65. The van der Waals surface area contributed by atoms with Crippen molar-refractivity contribution in [2.75, 3.05) is 31.1 Å². The second-order valence-corrected chi connectivity index (χ2v) is 8.60. The first kappa shape index (κ1) is 17.8. The molecule has 28 heavy (non-hydrogen) atoms. The minimum Gasteiger partial charge on any atom is -0.346 e. The van der Waals surface area contributed by atoms with Crippen molar-refractivity contribution in [1.29, 1.82) is 0 Å². The molecule has 144 valence electrons. The van der Waals surface area contributed by atoms with Crippen molar-refractivity contribution < 1.29 is 9.18 Å². The van der Waals surface area contributed by atoms with Gasteiger partial charge in [-0.25, -0.2) is 9.37 Å². The van der Waals surface area contributed by atoms with Gasteiger partial charge >= 0.3 is 0 Å². The third-order valence-electron chi connectivity index (χ3n) is 5.86. The summed E-state index contributed by atoms with van der Waals surface area (Å²) in [6, 6.07) is 11.0. The Morgan fingerprint density at radius 3 is 2.96 bits per heavy atom. The third kappa shape index (κ3) is 3.20. The Kier molecular flexibility index (Phi) is 4.61. The van der Waals surface area contributed by atoms with Crippen molar-refractivity contribution in [3.05, 3.63) is 58.9 Å². The second kappa shape index (κ2) is 7.26. The lowest BCUT2D eigenvalue weighted by molar-refractivity contribution is 0.0973. The Hall–Kier alpha value is -2.31.